The maximum absolute atomic E-state index is 12.8. The van der Waals surface area contributed by atoms with Crippen LogP contribution in [0.3, 0.4) is 0 Å². The van der Waals surface area contributed by atoms with Crippen LogP contribution in [-0.2, 0) is 16.6 Å². The van der Waals surface area contributed by atoms with E-state index in [1.165, 1.54) is 0 Å². The number of hydrogen-bond acceptors (Lipinski definition) is 3. The Morgan fingerprint density at radius 1 is 1.43 bits per heavy atom. The SMILES string of the molecule is CC(C)NCc1ccc(Cl)c(S(=O)(=O)N2CCCC2C)c1. The maximum atomic E-state index is 12.8. The third-order valence-corrected chi connectivity index (χ3v) is 6.28. The molecule has 1 aromatic rings. The van der Waals surface area contributed by atoms with Crippen molar-refractivity contribution in [3.05, 3.63) is 28.8 Å². The summed E-state index contributed by atoms with van der Waals surface area (Å²) in [5.41, 5.74) is 0.929. The molecule has 0 amide bonds. The highest BCUT2D eigenvalue weighted by molar-refractivity contribution is 7.89. The fourth-order valence-electron chi connectivity index (χ4n) is 2.57. The molecule has 1 heterocycles. The van der Waals surface area contributed by atoms with Crippen molar-refractivity contribution in [2.24, 2.45) is 0 Å². The zero-order valence-electron chi connectivity index (χ0n) is 12.8. The topological polar surface area (TPSA) is 49.4 Å². The number of sulfonamides is 1. The molecule has 6 heteroatoms. The first kappa shape index (κ1) is 16.7. The summed E-state index contributed by atoms with van der Waals surface area (Å²) >= 11 is 6.14. The number of benzene rings is 1. The molecule has 0 spiro atoms. The van der Waals surface area contributed by atoms with E-state index in [0.717, 1.165) is 18.4 Å². The highest BCUT2D eigenvalue weighted by atomic mass is 35.5. The van der Waals surface area contributed by atoms with Crippen LogP contribution < -0.4 is 5.32 Å². The van der Waals surface area contributed by atoms with Gasteiger partial charge in [-0.25, -0.2) is 8.42 Å². The Morgan fingerprint density at radius 3 is 2.71 bits per heavy atom. The number of halogens is 1. The Labute approximate surface area is 132 Å². The first-order valence-electron chi connectivity index (χ1n) is 7.36. The third kappa shape index (κ3) is 3.77. The van der Waals surface area contributed by atoms with Gasteiger partial charge in [0, 0.05) is 25.2 Å². The molecule has 0 aliphatic carbocycles. The lowest BCUT2D eigenvalue weighted by atomic mass is 10.2. The standard InChI is InChI=1S/C15H23ClN2O2S/c1-11(2)17-10-13-6-7-14(16)15(9-13)21(19,20)18-8-4-5-12(18)3/h6-7,9,11-12,17H,4-5,8,10H2,1-3H3. The molecular formula is C15H23ClN2O2S. The first-order chi connectivity index (χ1) is 9.82. The minimum atomic E-state index is -3.51. The van der Waals surface area contributed by atoms with Gasteiger partial charge in [0.25, 0.3) is 0 Å². The summed E-state index contributed by atoms with van der Waals surface area (Å²) < 4.78 is 27.1. The van der Waals surface area contributed by atoms with Gasteiger partial charge in [-0.2, -0.15) is 4.31 Å². The van der Waals surface area contributed by atoms with Crippen molar-refractivity contribution in [3.8, 4) is 0 Å². The lowest BCUT2D eigenvalue weighted by Crippen LogP contribution is -2.34. The van der Waals surface area contributed by atoms with Crippen LogP contribution in [0.5, 0.6) is 0 Å². The number of nitrogens with zero attached hydrogens (tertiary/aromatic N) is 1. The van der Waals surface area contributed by atoms with E-state index in [9.17, 15) is 8.42 Å². The largest absolute Gasteiger partial charge is 0.310 e. The van der Waals surface area contributed by atoms with Crippen LogP contribution in [0.4, 0.5) is 0 Å². The quantitative estimate of drug-likeness (QED) is 0.902. The smallest absolute Gasteiger partial charge is 0.244 e. The molecule has 0 bridgehead atoms. The van der Waals surface area contributed by atoms with Crippen molar-refractivity contribution in [1.82, 2.24) is 9.62 Å². The van der Waals surface area contributed by atoms with E-state index in [-0.39, 0.29) is 10.9 Å². The minimum absolute atomic E-state index is 0.0449. The van der Waals surface area contributed by atoms with Crippen LogP contribution in [0, 0.1) is 0 Å². The Kier molecular flexibility index (Phi) is 5.30. The molecule has 1 atom stereocenters. The van der Waals surface area contributed by atoms with E-state index >= 15 is 0 Å². The normalized spacial score (nSPS) is 20.3. The lowest BCUT2D eigenvalue weighted by Gasteiger charge is -2.22. The number of nitrogens with one attached hydrogen (secondary N) is 1. The van der Waals surface area contributed by atoms with Gasteiger partial charge in [-0.15, -0.1) is 0 Å². The van der Waals surface area contributed by atoms with Crippen molar-refractivity contribution in [2.75, 3.05) is 6.54 Å². The summed E-state index contributed by atoms with van der Waals surface area (Å²) in [6, 6.07) is 5.62. The number of hydrogen-bond donors (Lipinski definition) is 1. The van der Waals surface area contributed by atoms with E-state index in [1.807, 2.05) is 13.0 Å². The molecule has 2 rings (SSSR count). The molecule has 1 N–H and O–H groups in total. The molecule has 1 unspecified atom stereocenters. The summed E-state index contributed by atoms with van der Waals surface area (Å²) in [6.45, 7) is 7.27. The molecule has 1 aliphatic heterocycles. The maximum Gasteiger partial charge on any atom is 0.244 e. The van der Waals surface area contributed by atoms with Crippen LogP contribution in [0.15, 0.2) is 23.1 Å². The molecule has 1 fully saturated rings. The van der Waals surface area contributed by atoms with Gasteiger partial charge >= 0.3 is 0 Å². The summed E-state index contributed by atoms with van der Waals surface area (Å²) in [7, 11) is -3.51. The van der Waals surface area contributed by atoms with Crippen molar-refractivity contribution < 1.29 is 8.42 Å². The molecule has 0 aromatic heterocycles. The molecule has 0 saturated carbocycles. The zero-order chi connectivity index (χ0) is 15.6. The van der Waals surface area contributed by atoms with Gasteiger partial charge in [-0.05, 0) is 37.5 Å². The van der Waals surface area contributed by atoms with Gasteiger partial charge in [0.1, 0.15) is 4.90 Å². The first-order valence-corrected chi connectivity index (χ1v) is 9.18. The fourth-order valence-corrected chi connectivity index (χ4v) is 4.79. The molecule has 118 valence electrons. The van der Waals surface area contributed by atoms with Crippen molar-refractivity contribution >= 4 is 21.6 Å². The molecule has 4 nitrogen and oxygen atoms in total. The van der Waals surface area contributed by atoms with Gasteiger partial charge < -0.3 is 5.32 Å². The predicted molar refractivity (Wildman–Crippen MR) is 86.0 cm³/mol. The van der Waals surface area contributed by atoms with Gasteiger partial charge in [-0.3, -0.25) is 0 Å². The second-order valence-corrected chi connectivity index (χ2v) is 8.17. The summed E-state index contributed by atoms with van der Waals surface area (Å²) in [4.78, 5) is 0.223. The Bertz CT molecular complexity index is 602. The molecule has 1 aromatic carbocycles. The van der Waals surface area contributed by atoms with Gasteiger partial charge in [0.2, 0.25) is 10.0 Å². The number of rotatable bonds is 5. The van der Waals surface area contributed by atoms with Crippen LogP contribution in [0.2, 0.25) is 5.02 Å². The second kappa shape index (κ2) is 6.65. The predicted octanol–water partition coefficient (Wildman–Crippen LogP) is 3.01. The Hall–Kier alpha value is -0.620. The van der Waals surface area contributed by atoms with Crippen molar-refractivity contribution in [3.63, 3.8) is 0 Å². The van der Waals surface area contributed by atoms with E-state index in [1.54, 1.807) is 16.4 Å². The molecule has 1 saturated heterocycles. The highest BCUT2D eigenvalue weighted by Gasteiger charge is 2.33. The highest BCUT2D eigenvalue weighted by Crippen LogP contribution is 2.30. The van der Waals surface area contributed by atoms with Crippen LogP contribution >= 0.6 is 11.6 Å². The molecular weight excluding hydrogens is 308 g/mol. The summed E-state index contributed by atoms with van der Waals surface area (Å²) in [5.74, 6) is 0. The molecule has 1 aliphatic rings. The second-order valence-electron chi connectivity index (χ2n) is 5.91. The monoisotopic (exact) mass is 330 g/mol. The Balaban J connectivity index is 2.31. The molecule has 21 heavy (non-hydrogen) atoms. The van der Waals surface area contributed by atoms with E-state index in [2.05, 4.69) is 19.2 Å². The zero-order valence-corrected chi connectivity index (χ0v) is 14.3. The van der Waals surface area contributed by atoms with Gasteiger partial charge in [0.05, 0.1) is 5.02 Å². The summed E-state index contributed by atoms with van der Waals surface area (Å²) in [5, 5.41) is 3.58. The van der Waals surface area contributed by atoms with Crippen LogP contribution in [0.1, 0.15) is 39.2 Å². The van der Waals surface area contributed by atoms with Gasteiger partial charge in [-0.1, -0.05) is 31.5 Å². The van der Waals surface area contributed by atoms with E-state index in [0.29, 0.717) is 24.2 Å². The third-order valence-electron chi connectivity index (χ3n) is 3.79. The average Bonchev–Trinajstić information content (AvgIpc) is 2.84. The van der Waals surface area contributed by atoms with Crippen LogP contribution in [0.25, 0.3) is 0 Å². The summed E-state index contributed by atoms with van der Waals surface area (Å²) in [6.07, 6.45) is 1.82. The minimum Gasteiger partial charge on any atom is -0.310 e. The fraction of sp³-hybridized carbons (Fsp3) is 0.600. The van der Waals surface area contributed by atoms with Crippen LogP contribution in [-0.4, -0.2) is 31.4 Å². The van der Waals surface area contributed by atoms with Crippen molar-refractivity contribution in [1.29, 1.82) is 0 Å². The Morgan fingerprint density at radius 2 is 2.14 bits per heavy atom. The lowest BCUT2D eigenvalue weighted by molar-refractivity contribution is 0.408. The van der Waals surface area contributed by atoms with Gasteiger partial charge in [0.15, 0.2) is 0 Å². The van der Waals surface area contributed by atoms with E-state index < -0.39 is 10.0 Å². The molecule has 0 radical (unpaired) electrons. The average molecular weight is 331 g/mol. The van der Waals surface area contributed by atoms with Crippen molar-refractivity contribution in [2.45, 2.75) is 57.1 Å². The van der Waals surface area contributed by atoms with E-state index in [4.69, 9.17) is 11.6 Å².